The van der Waals surface area contributed by atoms with Gasteiger partial charge in [0.2, 0.25) is 0 Å². The number of benzene rings is 1. The molecule has 1 unspecified atom stereocenters. The second kappa shape index (κ2) is 4.55. The van der Waals surface area contributed by atoms with Crippen LogP contribution in [-0.2, 0) is 10.3 Å². The standard InChI is InChI=1S/C13H17N3O3/c1-8-6-9(4-5-10(8)19-3)13(7-14)11(17)16(2)12(18)15-13/h4-6H,7,14H2,1-3H3,(H,15,18). The van der Waals surface area contributed by atoms with Crippen molar-refractivity contribution in [1.82, 2.24) is 10.2 Å². The van der Waals surface area contributed by atoms with Gasteiger partial charge in [0.25, 0.3) is 5.91 Å². The monoisotopic (exact) mass is 263 g/mol. The first-order valence-corrected chi connectivity index (χ1v) is 5.91. The highest BCUT2D eigenvalue weighted by atomic mass is 16.5. The predicted molar refractivity (Wildman–Crippen MR) is 69.8 cm³/mol. The first-order chi connectivity index (χ1) is 8.96. The largest absolute Gasteiger partial charge is 0.496 e. The van der Waals surface area contributed by atoms with Crippen molar-refractivity contribution in [3.63, 3.8) is 0 Å². The number of hydrogen-bond donors (Lipinski definition) is 2. The number of methoxy groups -OCH3 is 1. The third-order valence-corrected chi connectivity index (χ3v) is 3.49. The van der Waals surface area contributed by atoms with Crippen molar-refractivity contribution in [1.29, 1.82) is 0 Å². The highest BCUT2D eigenvalue weighted by molar-refractivity contribution is 6.07. The molecule has 6 nitrogen and oxygen atoms in total. The predicted octanol–water partition coefficient (Wildman–Crippen LogP) is 0.339. The Kier molecular flexibility index (Phi) is 3.20. The summed E-state index contributed by atoms with van der Waals surface area (Å²) in [7, 11) is 3.02. The fourth-order valence-electron chi connectivity index (χ4n) is 2.29. The van der Waals surface area contributed by atoms with E-state index in [9.17, 15) is 9.59 Å². The zero-order valence-electron chi connectivity index (χ0n) is 11.2. The van der Waals surface area contributed by atoms with Crippen LogP contribution in [0.1, 0.15) is 11.1 Å². The maximum atomic E-state index is 12.3. The van der Waals surface area contributed by atoms with E-state index in [4.69, 9.17) is 10.5 Å². The number of carbonyl (C=O) groups is 2. The van der Waals surface area contributed by atoms with Gasteiger partial charge in [-0.25, -0.2) is 4.79 Å². The lowest BCUT2D eigenvalue weighted by molar-refractivity contribution is -0.130. The molecule has 0 bridgehead atoms. The number of rotatable bonds is 3. The van der Waals surface area contributed by atoms with Crippen LogP contribution in [0.3, 0.4) is 0 Å². The van der Waals surface area contributed by atoms with E-state index in [1.54, 1.807) is 19.2 Å². The topological polar surface area (TPSA) is 84.7 Å². The van der Waals surface area contributed by atoms with Crippen LogP contribution >= 0.6 is 0 Å². The van der Waals surface area contributed by atoms with Crippen LogP contribution in [0.5, 0.6) is 5.75 Å². The molecule has 0 aromatic heterocycles. The number of likely N-dealkylation sites (N-methyl/N-ethyl adjacent to an activating group) is 1. The van der Waals surface area contributed by atoms with Crippen molar-refractivity contribution < 1.29 is 14.3 Å². The number of nitrogens with two attached hydrogens (primary N) is 1. The summed E-state index contributed by atoms with van der Waals surface area (Å²) in [6.07, 6.45) is 0. The zero-order valence-corrected chi connectivity index (χ0v) is 11.2. The van der Waals surface area contributed by atoms with E-state index in [-0.39, 0.29) is 12.5 Å². The van der Waals surface area contributed by atoms with Crippen LogP contribution in [0, 0.1) is 6.92 Å². The highest BCUT2D eigenvalue weighted by Crippen LogP contribution is 2.30. The summed E-state index contributed by atoms with van der Waals surface area (Å²) in [6.45, 7) is 1.88. The van der Waals surface area contributed by atoms with Crippen LogP contribution in [0.15, 0.2) is 18.2 Å². The van der Waals surface area contributed by atoms with E-state index in [0.717, 1.165) is 16.2 Å². The molecule has 2 rings (SSSR count). The van der Waals surface area contributed by atoms with E-state index in [2.05, 4.69) is 5.32 Å². The molecular weight excluding hydrogens is 246 g/mol. The molecule has 1 heterocycles. The Hall–Kier alpha value is -2.08. The summed E-state index contributed by atoms with van der Waals surface area (Å²) in [4.78, 5) is 25.0. The third kappa shape index (κ3) is 1.84. The molecule has 0 radical (unpaired) electrons. The number of nitrogens with zero attached hydrogens (tertiary/aromatic N) is 1. The molecule has 1 fully saturated rings. The van der Waals surface area contributed by atoms with Crippen LogP contribution < -0.4 is 15.8 Å². The summed E-state index contributed by atoms with van der Waals surface area (Å²) in [5.41, 5.74) is 6.11. The van der Waals surface area contributed by atoms with E-state index >= 15 is 0 Å². The van der Waals surface area contributed by atoms with Crippen LogP contribution in [-0.4, -0.2) is 37.5 Å². The normalized spacial score (nSPS) is 22.6. The second-order valence-electron chi connectivity index (χ2n) is 4.59. The fraction of sp³-hybridized carbons (Fsp3) is 0.385. The van der Waals surface area contributed by atoms with Crippen molar-refractivity contribution in [3.8, 4) is 5.75 Å². The molecule has 19 heavy (non-hydrogen) atoms. The van der Waals surface area contributed by atoms with Gasteiger partial charge < -0.3 is 15.8 Å². The number of urea groups is 1. The summed E-state index contributed by atoms with van der Waals surface area (Å²) < 4.78 is 5.18. The lowest BCUT2D eigenvalue weighted by atomic mass is 9.88. The van der Waals surface area contributed by atoms with Gasteiger partial charge in [-0.2, -0.15) is 0 Å². The average molecular weight is 263 g/mol. The van der Waals surface area contributed by atoms with Gasteiger partial charge in [-0.1, -0.05) is 6.07 Å². The van der Waals surface area contributed by atoms with Crippen molar-refractivity contribution >= 4 is 11.9 Å². The quantitative estimate of drug-likeness (QED) is 0.770. The highest BCUT2D eigenvalue weighted by Gasteiger charge is 2.50. The van der Waals surface area contributed by atoms with E-state index in [1.807, 2.05) is 13.0 Å². The molecule has 0 saturated carbocycles. The minimum absolute atomic E-state index is 0.00762. The third-order valence-electron chi connectivity index (χ3n) is 3.49. The maximum absolute atomic E-state index is 12.3. The van der Waals surface area contributed by atoms with Gasteiger partial charge in [-0.05, 0) is 30.2 Å². The molecule has 1 aromatic carbocycles. The molecule has 0 spiro atoms. The number of nitrogens with one attached hydrogen (secondary N) is 1. The molecule has 0 aliphatic carbocycles. The number of hydrogen-bond acceptors (Lipinski definition) is 4. The molecule has 1 aliphatic heterocycles. The lowest BCUT2D eigenvalue weighted by Gasteiger charge is -2.25. The minimum atomic E-state index is -1.18. The Labute approximate surface area is 111 Å². The van der Waals surface area contributed by atoms with Gasteiger partial charge in [-0.15, -0.1) is 0 Å². The number of amides is 3. The number of ether oxygens (including phenoxy) is 1. The van der Waals surface area contributed by atoms with Crippen molar-refractivity contribution in [2.75, 3.05) is 20.7 Å². The average Bonchev–Trinajstić information content (AvgIpc) is 2.63. The molecule has 6 heteroatoms. The molecule has 1 aliphatic rings. The van der Waals surface area contributed by atoms with Gasteiger partial charge in [0.05, 0.1) is 7.11 Å². The van der Waals surface area contributed by atoms with Crippen molar-refractivity contribution in [3.05, 3.63) is 29.3 Å². The molecule has 1 saturated heterocycles. The first-order valence-electron chi connectivity index (χ1n) is 5.91. The summed E-state index contributed by atoms with van der Waals surface area (Å²) in [6, 6.07) is 4.88. The van der Waals surface area contributed by atoms with E-state index in [0.29, 0.717) is 5.56 Å². The minimum Gasteiger partial charge on any atom is -0.496 e. The molecular formula is C13H17N3O3. The Morgan fingerprint density at radius 2 is 2.11 bits per heavy atom. The Balaban J connectivity index is 2.51. The Morgan fingerprint density at radius 1 is 1.42 bits per heavy atom. The SMILES string of the molecule is COc1ccc(C2(CN)NC(=O)N(C)C2=O)cc1C. The second-order valence-corrected chi connectivity index (χ2v) is 4.59. The van der Waals surface area contributed by atoms with E-state index < -0.39 is 11.6 Å². The molecule has 102 valence electrons. The summed E-state index contributed by atoms with van der Waals surface area (Å²) in [5, 5.41) is 2.67. The fourth-order valence-corrected chi connectivity index (χ4v) is 2.29. The van der Waals surface area contributed by atoms with Crippen molar-refractivity contribution in [2.24, 2.45) is 5.73 Å². The van der Waals surface area contributed by atoms with Crippen LogP contribution in [0.4, 0.5) is 4.79 Å². The Bertz CT molecular complexity index is 544. The van der Waals surface area contributed by atoms with Crippen LogP contribution in [0.2, 0.25) is 0 Å². The van der Waals surface area contributed by atoms with Crippen LogP contribution in [0.25, 0.3) is 0 Å². The van der Waals surface area contributed by atoms with Gasteiger partial charge in [0, 0.05) is 13.6 Å². The van der Waals surface area contributed by atoms with E-state index in [1.165, 1.54) is 7.05 Å². The van der Waals surface area contributed by atoms with Gasteiger partial charge in [0.15, 0.2) is 5.54 Å². The smallest absolute Gasteiger partial charge is 0.325 e. The number of imide groups is 1. The van der Waals surface area contributed by atoms with Gasteiger partial charge in [-0.3, -0.25) is 9.69 Å². The molecule has 1 aromatic rings. The molecule has 3 N–H and O–H groups in total. The maximum Gasteiger partial charge on any atom is 0.325 e. The molecule has 1 atom stereocenters. The van der Waals surface area contributed by atoms with Crippen molar-refractivity contribution in [2.45, 2.75) is 12.5 Å². The summed E-state index contributed by atoms with van der Waals surface area (Å²) in [5.74, 6) is 0.380. The van der Waals surface area contributed by atoms with Gasteiger partial charge >= 0.3 is 6.03 Å². The zero-order chi connectivity index (χ0) is 14.2. The lowest BCUT2D eigenvalue weighted by Crippen LogP contribution is -2.50. The number of aryl methyl sites for hydroxylation is 1. The van der Waals surface area contributed by atoms with Gasteiger partial charge in [0.1, 0.15) is 5.75 Å². The Morgan fingerprint density at radius 3 is 2.53 bits per heavy atom. The first kappa shape index (κ1) is 13.4. The molecule has 3 amide bonds. The number of carbonyl (C=O) groups excluding carboxylic acids is 2. The summed E-state index contributed by atoms with van der Waals surface area (Å²) >= 11 is 0.